The van der Waals surface area contributed by atoms with Gasteiger partial charge in [-0.1, -0.05) is 46.2 Å². The highest BCUT2D eigenvalue weighted by atomic mass is 32.1. The Bertz CT molecular complexity index is 1670. The average Bonchev–Trinajstić information content (AvgIpc) is 3.88. The van der Waals surface area contributed by atoms with Crippen LogP contribution in [0.15, 0.2) is 29.6 Å². The standard InChI is InChI=1S/C40H56F3N5O7S/c1-8-48-18-10-9-11-31(48)36(51)46-34(27-14-15-27)38(52)47(6)32(23(2)3)21-33(55-25(5)49)37-45-30(22-56-37)35(50)44-29(19-24(4)39(53)54-7)20-26-12-16-28(17-13-26)40(41,42)43/h12-13,16-17,22-24,27,29,31-34H,8-11,14-15,18-21H2,1-7H3,(H,44,50)(H,46,51)/t24-,29+,31+,32+,33+,34-/m0/s1. The SMILES string of the molecule is CCN1CCCC[C@@H]1C(=O)N[C@H](C(=O)N(C)[C@H](C[C@@H](OC(C)=O)c1nc(C(=O)N[C@@H](Cc2ccc(C(F)(F)F)cc2)C[C@H](C)C(=O)OC)cs1)C(C)C)C1CC1. The highest BCUT2D eigenvalue weighted by Gasteiger charge is 2.43. The fourth-order valence-corrected chi connectivity index (χ4v) is 8.28. The lowest BCUT2D eigenvalue weighted by Crippen LogP contribution is -2.57. The van der Waals surface area contributed by atoms with Crippen LogP contribution in [0.2, 0.25) is 0 Å². The molecular formula is C40H56F3N5O7S. The molecule has 1 aliphatic carbocycles. The minimum atomic E-state index is -4.50. The molecule has 16 heteroatoms. The van der Waals surface area contributed by atoms with Crippen molar-refractivity contribution in [2.45, 2.75) is 122 Å². The van der Waals surface area contributed by atoms with Crippen LogP contribution in [0, 0.1) is 17.8 Å². The molecule has 4 rings (SSSR count). The van der Waals surface area contributed by atoms with E-state index in [1.54, 1.807) is 18.9 Å². The van der Waals surface area contributed by atoms with Crippen molar-refractivity contribution in [1.29, 1.82) is 0 Å². The van der Waals surface area contributed by atoms with Crippen molar-refractivity contribution in [2.24, 2.45) is 17.8 Å². The van der Waals surface area contributed by atoms with Crippen LogP contribution < -0.4 is 10.6 Å². The molecule has 0 radical (unpaired) electrons. The number of esters is 2. The summed E-state index contributed by atoms with van der Waals surface area (Å²) in [6, 6.07) is 2.56. The lowest BCUT2D eigenvalue weighted by atomic mass is 9.95. The van der Waals surface area contributed by atoms with Gasteiger partial charge in [-0.15, -0.1) is 11.3 Å². The quantitative estimate of drug-likeness (QED) is 0.175. The van der Waals surface area contributed by atoms with Crippen molar-refractivity contribution in [2.75, 3.05) is 27.2 Å². The highest BCUT2D eigenvalue weighted by molar-refractivity contribution is 7.09. The first-order chi connectivity index (χ1) is 26.4. The van der Waals surface area contributed by atoms with Crippen LogP contribution in [0.25, 0.3) is 0 Å². The molecule has 2 fully saturated rings. The Morgan fingerprint density at radius 2 is 1.70 bits per heavy atom. The Hall–Kier alpha value is -4.05. The molecule has 6 atom stereocenters. The zero-order valence-corrected chi connectivity index (χ0v) is 34.1. The fourth-order valence-electron chi connectivity index (χ4n) is 7.44. The zero-order valence-electron chi connectivity index (χ0n) is 33.3. The van der Waals surface area contributed by atoms with Crippen molar-refractivity contribution in [1.82, 2.24) is 25.4 Å². The fraction of sp³-hybridized carbons (Fsp3) is 0.650. The molecule has 56 heavy (non-hydrogen) atoms. The van der Waals surface area contributed by atoms with Crippen LogP contribution in [-0.4, -0.2) is 95.9 Å². The van der Waals surface area contributed by atoms with Gasteiger partial charge >= 0.3 is 18.1 Å². The molecule has 3 amide bonds. The van der Waals surface area contributed by atoms with Gasteiger partial charge in [0, 0.05) is 37.9 Å². The maximum absolute atomic E-state index is 14.2. The molecule has 1 saturated carbocycles. The van der Waals surface area contributed by atoms with E-state index in [4.69, 9.17) is 9.47 Å². The number of alkyl halides is 3. The number of carbonyl (C=O) groups is 5. The van der Waals surface area contributed by atoms with Crippen LogP contribution >= 0.6 is 11.3 Å². The number of likely N-dealkylation sites (tertiary alicyclic amines) is 1. The second-order valence-electron chi connectivity index (χ2n) is 15.4. The lowest BCUT2D eigenvalue weighted by Gasteiger charge is -2.37. The lowest BCUT2D eigenvalue weighted by molar-refractivity contribution is -0.149. The summed E-state index contributed by atoms with van der Waals surface area (Å²) >= 11 is 1.11. The van der Waals surface area contributed by atoms with Gasteiger partial charge in [-0.25, -0.2) is 4.98 Å². The number of rotatable bonds is 18. The van der Waals surface area contributed by atoms with E-state index in [2.05, 4.69) is 20.5 Å². The second kappa shape index (κ2) is 19.9. The van der Waals surface area contributed by atoms with Crippen LogP contribution in [0.5, 0.6) is 0 Å². The number of nitrogens with zero attached hydrogens (tertiary/aromatic N) is 3. The number of likely N-dealkylation sites (N-methyl/N-ethyl adjacent to an activating group) is 2. The van der Waals surface area contributed by atoms with Crippen LogP contribution in [0.3, 0.4) is 0 Å². The molecule has 1 saturated heterocycles. The Morgan fingerprint density at radius 1 is 1.02 bits per heavy atom. The summed E-state index contributed by atoms with van der Waals surface area (Å²) in [6.07, 6.45) is -0.521. The summed E-state index contributed by atoms with van der Waals surface area (Å²) in [7, 11) is 2.95. The maximum atomic E-state index is 14.2. The van der Waals surface area contributed by atoms with E-state index in [-0.39, 0.29) is 54.6 Å². The smallest absolute Gasteiger partial charge is 0.416 e. The summed E-state index contributed by atoms with van der Waals surface area (Å²) in [5.74, 6) is -2.66. The van der Waals surface area contributed by atoms with Gasteiger partial charge in [0.25, 0.3) is 5.91 Å². The molecular weight excluding hydrogens is 752 g/mol. The van der Waals surface area contributed by atoms with Gasteiger partial charge in [-0.2, -0.15) is 13.2 Å². The third-order valence-corrected chi connectivity index (χ3v) is 11.7. The van der Waals surface area contributed by atoms with E-state index in [0.717, 1.165) is 68.7 Å². The van der Waals surface area contributed by atoms with E-state index >= 15 is 0 Å². The van der Waals surface area contributed by atoms with Crippen LogP contribution in [0.1, 0.15) is 112 Å². The third kappa shape index (κ3) is 12.2. The van der Waals surface area contributed by atoms with Gasteiger partial charge in [-0.3, -0.25) is 28.9 Å². The Kier molecular flexibility index (Phi) is 15.9. The molecule has 2 aromatic rings. The van der Waals surface area contributed by atoms with Gasteiger partial charge in [0.05, 0.1) is 24.6 Å². The first-order valence-corrected chi connectivity index (χ1v) is 20.3. The van der Waals surface area contributed by atoms with Crippen LogP contribution in [-0.2, 0) is 41.2 Å². The first-order valence-electron chi connectivity index (χ1n) is 19.4. The molecule has 12 nitrogen and oxygen atoms in total. The van der Waals surface area contributed by atoms with Gasteiger partial charge in [0.2, 0.25) is 11.8 Å². The number of nitrogens with one attached hydrogen (secondary N) is 2. The highest BCUT2D eigenvalue weighted by Crippen LogP contribution is 2.36. The summed E-state index contributed by atoms with van der Waals surface area (Å²) in [4.78, 5) is 74.2. The summed E-state index contributed by atoms with van der Waals surface area (Å²) < 4.78 is 50.1. The largest absolute Gasteiger partial charge is 0.469 e. The topological polar surface area (TPSA) is 147 Å². The molecule has 1 aliphatic heterocycles. The van der Waals surface area contributed by atoms with Gasteiger partial charge in [0.15, 0.2) is 6.10 Å². The predicted molar refractivity (Wildman–Crippen MR) is 204 cm³/mol. The van der Waals surface area contributed by atoms with Crippen molar-refractivity contribution in [3.63, 3.8) is 0 Å². The molecule has 2 N–H and O–H groups in total. The first kappa shape index (κ1) is 44.7. The predicted octanol–water partition coefficient (Wildman–Crippen LogP) is 5.95. The Labute approximate surface area is 331 Å². The van der Waals surface area contributed by atoms with Gasteiger partial charge < -0.3 is 25.0 Å². The van der Waals surface area contributed by atoms with E-state index < -0.39 is 59.7 Å². The average molecular weight is 808 g/mol. The molecule has 2 heterocycles. The summed E-state index contributed by atoms with van der Waals surface area (Å²) in [5.41, 5.74) is -0.255. The molecule has 310 valence electrons. The molecule has 0 spiro atoms. The van der Waals surface area contributed by atoms with E-state index in [1.807, 2.05) is 20.8 Å². The number of aromatic nitrogens is 1. The number of methoxy groups -OCH3 is 1. The Balaban J connectivity index is 1.50. The number of carbonyl (C=O) groups excluding carboxylic acids is 5. The minimum absolute atomic E-state index is 0.0242. The van der Waals surface area contributed by atoms with Gasteiger partial charge in [-0.05, 0) is 81.1 Å². The monoisotopic (exact) mass is 807 g/mol. The van der Waals surface area contributed by atoms with Crippen molar-refractivity contribution in [3.8, 4) is 0 Å². The zero-order chi connectivity index (χ0) is 41.3. The van der Waals surface area contributed by atoms with E-state index in [0.29, 0.717) is 10.6 Å². The third-order valence-electron chi connectivity index (χ3n) is 10.7. The number of piperidine rings is 1. The number of halogens is 3. The molecule has 0 unspecified atom stereocenters. The van der Waals surface area contributed by atoms with E-state index in [9.17, 15) is 37.1 Å². The van der Waals surface area contributed by atoms with Crippen molar-refractivity contribution in [3.05, 3.63) is 51.5 Å². The van der Waals surface area contributed by atoms with Gasteiger partial charge in [0.1, 0.15) is 16.7 Å². The Morgan fingerprint density at radius 3 is 2.27 bits per heavy atom. The number of ether oxygens (including phenoxy) is 2. The molecule has 1 aromatic carbocycles. The number of benzene rings is 1. The molecule has 2 aliphatic rings. The molecule has 0 bridgehead atoms. The number of hydrogen-bond donors (Lipinski definition) is 2. The normalized spacial score (nSPS) is 18.9. The van der Waals surface area contributed by atoms with E-state index in [1.165, 1.54) is 31.5 Å². The molecule has 1 aromatic heterocycles. The second-order valence-corrected chi connectivity index (χ2v) is 16.2. The number of amides is 3. The number of hydrogen-bond acceptors (Lipinski definition) is 10. The number of thiazole rings is 1. The summed E-state index contributed by atoms with van der Waals surface area (Å²) in [6.45, 7) is 10.5. The van der Waals surface area contributed by atoms with Crippen molar-refractivity contribution >= 4 is 41.0 Å². The van der Waals surface area contributed by atoms with Crippen LogP contribution in [0.4, 0.5) is 13.2 Å². The maximum Gasteiger partial charge on any atom is 0.416 e. The minimum Gasteiger partial charge on any atom is -0.469 e. The summed E-state index contributed by atoms with van der Waals surface area (Å²) in [5, 5.41) is 7.82. The van der Waals surface area contributed by atoms with Crippen molar-refractivity contribution < 1.29 is 46.6 Å².